The summed E-state index contributed by atoms with van der Waals surface area (Å²) in [6.45, 7) is 4.15. The maximum Gasteiger partial charge on any atom is 0.206 e. The SMILES string of the molecule is COc1ccc(S(=O)(=O)c2ccc(C(C)C)cc2)cc1. The standard InChI is InChI=1S/C16H18O3S/c1-12(2)13-4-8-15(9-5-13)20(17,18)16-10-6-14(19-3)7-11-16/h4-12H,1-3H3. The molecule has 0 radical (unpaired) electrons. The van der Waals surface area contributed by atoms with Gasteiger partial charge < -0.3 is 4.74 Å². The highest BCUT2D eigenvalue weighted by Crippen LogP contribution is 2.24. The Labute approximate surface area is 120 Å². The second-order valence-corrected chi connectivity index (χ2v) is 6.85. The highest BCUT2D eigenvalue weighted by atomic mass is 32.2. The largest absolute Gasteiger partial charge is 0.497 e. The molecule has 0 fully saturated rings. The third-order valence-electron chi connectivity index (χ3n) is 3.23. The summed E-state index contributed by atoms with van der Waals surface area (Å²) < 4.78 is 30.0. The van der Waals surface area contributed by atoms with Crippen LogP contribution in [0.25, 0.3) is 0 Å². The van der Waals surface area contributed by atoms with Crippen molar-refractivity contribution in [2.24, 2.45) is 0 Å². The molecule has 0 saturated carbocycles. The predicted octanol–water partition coefficient (Wildman–Crippen LogP) is 3.65. The summed E-state index contributed by atoms with van der Waals surface area (Å²) in [6, 6.07) is 13.5. The monoisotopic (exact) mass is 290 g/mol. The number of rotatable bonds is 4. The van der Waals surface area contributed by atoms with Crippen LogP contribution in [0.5, 0.6) is 5.75 Å². The minimum atomic E-state index is -3.46. The van der Waals surface area contributed by atoms with Crippen molar-refractivity contribution in [3.63, 3.8) is 0 Å². The average molecular weight is 290 g/mol. The van der Waals surface area contributed by atoms with Crippen molar-refractivity contribution in [3.05, 3.63) is 54.1 Å². The Hall–Kier alpha value is -1.81. The molecule has 20 heavy (non-hydrogen) atoms. The Kier molecular flexibility index (Phi) is 4.14. The van der Waals surface area contributed by atoms with Gasteiger partial charge in [0.05, 0.1) is 16.9 Å². The second-order valence-electron chi connectivity index (χ2n) is 4.90. The number of methoxy groups -OCH3 is 1. The third-order valence-corrected chi connectivity index (χ3v) is 5.01. The first kappa shape index (κ1) is 14.6. The van der Waals surface area contributed by atoms with Crippen LogP contribution in [0, 0.1) is 0 Å². The molecule has 2 aromatic rings. The van der Waals surface area contributed by atoms with Crippen LogP contribution in [0.15, 0.2) is 58.3 Å². The topological polar surface area (TPSA) is 43.4 Å². The smallest absolute Gasteiger partial charge is 0.206 e. The van der Waals surface area contributed by atoms with Crippen LogP contribution < -0.4 is 4.74 Å². The van der Waals surface area contributed by atoms with Gasteiger partial charge in [0.15, 0.2) is 0 Å². The minimum Gasteiger partial charge on any atom is -0.497 e. The molecule has 0 bridgehead atoms. The van der Waals surface area contributed by atoms with Crippen molar-refractivity contribution in [2.75, 3.05) is 7.11 Å². The minimum absolute atomic E-state index is 0.274. The van der Waals surface area contributed by atoms with Gasteiger partial charge in [-0.3, -0.25) is 0 Å². The quantitative estimate of drug-likeness (QED) is 0.863. The van der Waals surface area contributed by atoms with Crippen LogP contribution in [0.4, 0.5) is 0 Å². The maximum atomic E-state index is 12.5. The summed E-state index contributed by atoms with van der Waals surface area (Å²) in [4.78, 5) is 0.586. The summed E-state index contributed by atoms with van der Waals surface area (Å²) in [6.07, 6.45) is 0. The summed E-state index contributed by atoms with van der Waals surface area (Å²) in [5, 5.41) is 0. The zero-order chi connectivity index (χ0) is 14.8. The van der Waals surface area contributed by atoms with E-state index in [2.05, 4.69) is 13.8 Å². The van der Waals surface area contributed by atoms with Crippen molar-refractivity contribution < 1.29 is 13.2 Å². The molecule has 106 valence electrons. The van der Waals surface area contributed by atoms with E-state index in [4.69, 9.17) is 4.74 Å². The van der Waals surface area contributed by atoms with Crippen LogP contribution >= 0.6 is 0 Å². The molecule has 0 atom stereocenters. The highest BCUT2D eigenvalue weighted by molar-refractivity contribution is 7.91. The Morgan fingerprint density at radius 2 is 1.30 bits per heavy atom. The molecule has 4 heteroatoms. The fraction of sp³-hybridized carbons (Fsp3) is 0.250. The number of hydrogen-bond donors (Lipinski definition) is 0. The zero-order valence-corrected chi connectivity index (χ0v) is 12.6. The van der Waals surface area contributed by atoms with Crippen LogP contribution in [-0.2, 0) is 9.84 Å². The molecule has 0 spiro atoms. The Morgan fingerprint density at radius 3 is 1.70 bits per heavy atom. The van der Waals surface area contributed by atoms with E-state index in [0.29, 0.717) is 16.6 Å². The van der Waals surface area contributed by atoms with Gasteiger partial charge in [0.25, 0.3) is 0 Å². The fourth-order valence-corrected chi connectivity index (χ4v) is 3.18. The van der Waals surface area contributed by atoms with Crippen molar-refractivity contribution in [2.45, 2.75) is 29.6 Å². The first-order valence-electron chi connectivity index (χ1n) is 6.44. The van der Waals surface area contributed by atoms with Crippen LogP contribution in [-0.4, -0.2) is 15.5 Å². The number of hydrogen-bond acceptors (Lipinski definition) is 3. The summed E-state index contributed by atoms with van der Waals surface area (Å²) in [7, 11) is -1.91. The molecule has 2 rings (SSSR count). The zero-order valence-electron chi connectivity index (χ0n) is 11.8. The molecular formula is C16H18O3S. The summed E-state index contributed by atoms with van der Waals surface area (Å²) in [5.41, 5.74) is 1.12. The predicted molar refractivity (Wildman–Crippen MR) is 79.0 cm³/mol. The van der Waals surface area contributed by atoms with Gasteiger partial charge >= 0.3 is 0 Å². The molecule has 0 aliphatic heterocycles. The van der Waals surface area contributed by atoms with Crippen molar-refractivity contribution in [3.8, 4) is 5.75 Å². The van der Waals surface area contributed by atoms with Gasteiger partial charge in [-0.05, 0) is 47.9 Å². The van der Waals surface area contributed by atoms with E-state index in [-0.39, 0.29) is 4.90 Å². The lowest BCUT2D eigenvalue weighted by Gasteiger charge is -2.08. The fourth-order valence-electron chi connectivity index (χ4n) is 1.92. The van der Waals surface area contributed by atoms with Crippen LogP contribution in [0.1, 0.15) is 25.3 Å². The summed E-state index contributed by atoms with van der Waals surface area (Å²) in [5.74, 6) is 1.02. The van der Waals surface area contributed by atoms with Crippen molar-refractivity contribution in [1.82, 2.24) is 0 Å². The molecule has 3 nitrogen and oxygen atoms in total. The number of ether oxygens (including phenoxy) is 1. The molecule has 0 heterocycles. The number of benzene rings is 2. The van der Waals surface area contributed by atoms with Gasteiger partial charge in [-0.2, -0.15) is 0 Å². The molecule has 2 aromatic carbocycles. The molecule has 0 unspecified atom stereocenters. The van der Waals surface area contributed by atoms with Crippen LogP contribution in [0.2, 0.25) is 0 Å². The average Bonchev–Trinajstić information content (AvgIpc) is 2.47. The molecular weight excluding hydrogens is 272 g/mol. The van der Waals surface area contributed by atoms with Crippen molar-refractivity contribution >= 4 is 9.84 Å². The van der Waals surface area contributed by atoms with E-state index in [1.807, 2.05) is 12.1 Å². The van der Waals surface area contributed by atoms with Crippen molar-refractivity contribution in [1.29, 1.82) is 0 Å². The lowest BCUT2D eigenvalue weighted by molar-refractivity contribution is 0.414. The maximum absolute atomic E-state index is 12.5. The first-order chi connectivity index (χ1) is 9.45. The lowest BCUT2D eigenvalue weighted by Crippen LogP contribution is -2.02. The highest BCUT2D eigenvalue weighted by Gasteiger charge is 2.17. The summed E-state index contributed by atoms with van der Waals surface area (Å²) >= 11 is 0. The van der Waals surface area contributed by atoms with E-state index < -0.39 is 9.84 Å². The van der Waals surface area contributed by atoms with E-state index in [9.17, 15) is 8.42 Å². The molecule has 0 N–H and O–H groups in total. The lowest BCUT2D eigenvalue weighted by atomic mass is 10.0. The normalized spacial score (nSPS) is 11.6. The first-order valence-corrected chi connectivity index (χ1v) is 7.92. The Balaban J connectivity index is 2.38. The molecule has 0 aliphatic rings. The second kappa shape index (κ2) is 5.67. The van der Waals surface area contributed by atoms with Crippen LogP contribution in [0.3, 0.4) is 0 Å². The van der Waals surface area contributed by atoms with E-state index in [1.54, 1.807) is 43.5 Å². The van der Waals surface area contributed by atoms with E-state index in [1.165, 1.54) is 0 Å². The van der Waals surface area contributed by atoms with Gasteiger partial charge in [-0.1, -0.05) is 26.0 Å². The molecule has 0 aliphatic carbocycles. The van der Waals surface area contributed by atoms with E-state index >= 15 is 0 Å². The Morgan fingerprint density at radius 1 is 0.850 bits per heavy atom. The molecule has 0 aromatic heterocycles. The van der Waals surface area contributed by atoms with Gasteiger partial charge in [-0.25, -0.2) is 8.42 Å². The van der Waals surface area contributed by atoms with Gasteiger partial charge in [0.1, 0.15) is 5.75 Å². The Bertz CT molecular complexity index is 669. The molecule has 0 amide bonds. The number of sulfone groups is 1. The van der Waals surface area contributed by atoms with Gasteiger partial charge in [0, 0.05) is 0 Å². The van der Waals surface area contributed by atoms with Gasteiger partial charge in [-0.15, -0.1) is 0 Å². The molecule has 0 saturated heterocycles. The van der Waals surface area contributed by atoms with Gasteiger partial charge in [0.2, 0.25) is 9.84 Å². The third kappa shape index (κ3) is 2.85. The van der Waals surface area contributed by atoms with E-state index in [0.717, 1.165) is 5.56 Å².